The Morgan fingerprint density at radius 2 is 1.34 bits per heavy atom. The van der Waals surface area contributed by atoms with E-state index in [1.54, 1.807) is 0 Å². The highest BCUT2D eigenvalue weighted by Crippen LogP contribution is 2.47. The molecular weight excluding hydrogens is 409 g/mol. The fraction of sp³-hybridized carbons (Fsp3) is 1.00. The lowest BCUT2D eigenvalue weighted by molar-refractivity contribution is -0.333. The van der Waals surface area contributed by atoms with Gasteiger partial charge in [0.1, 0.15) is 30.6 Å². The van der Waals surface area contributed by atoms with Crippen LogP contribution in [0.15, 0.2) is 0 Å². The maximum Gasteiger partial charge on any atom is 0.364 e. The molecule has 3 rings (SSSR count). The average molecular weight is 436 g/mol. The van der Waals surface area contributed by atoms with Crippen LogP contribution in [0.2, 0.25) is 0 Å². The second-order valence-corrected chi connectivity index (χ2v) is 8.65. The molecule has 0 N–H and O–H groups in total. The monoisotopic (exact) mass is 436 g/mol. The second-order valence-electron chi connectivity index (χ2n) is 8.65. The van der Waals surface area contributed by atoms with E-state index < -0.39 is 86.4 Å². The molecular formula is C19H27F7O3. The van der Waals surface area contributed by atoms with Crippen molar-refractivity contribution in [2.45, 2.75) is 82.5 Å². The molecule has 3 aliphatic rings. The molecule has 3 fully saturated rings. The van der Waals surface area contributed by atoms with Gasteiger partial charge in [-0.05, 0) is 12.8 Å². The first-order valence-electron chi connectivity index (χ1n) is 10.0. The van der Waals surface area contributed by atoms with Gasteiger partial charge < -0.3 is 14.2 Å². The molecule has 0 amide bonds. The van der Waals surface area contributed by atoms with E-state index in [-0.39, 0.29) is 5.92 Å². The van der Waals surface area contributed by atoms with Gasteiger partial charge in [0.15, 0.2) is 12.5 Å². The minimum atomic E-state index is -4.30. The predicted octanol–water partition coefficient (Wildman–Crippen LogP) is 4.73. The minimum absolute atomic E-state index is 0.128. The molecule has 0 spiro atoms. The molecule has 3 nitrogen and oxygen atoms in total. The number of rotatable bonds is 4. The lowest BCUT2D eigenvalue weighted by atomic mass is 9.77. The maximum atomic E-state index is 14.6. The number of alkyl halides is 7. The summed E-state index contributed by atoms with van der Waals surface area (Å²) in [5.74, 6) is -4.40. The summed E-state index contributed by atoms with van der Waals surface area (Å²) in [4.78, 5) is 0. The predicted molar refractivity (Wildman–Crippen MR) is 89.2 cm³/mol. The summed E-state index contributed by atoms with van der Waals surface area (Å²) >= 11 is 0. The molecule has 0 aromatic carbocycles. The lowest BCUT2D eigenvalue weighted by Crippen LogP contribution is -2.54. The van der Waals surface area contributed by atoms with Gasteiger partial charge in [-0.25, -0.2) is 22.0 Å². The largest absolute Gasteiger partial charge is 0.364 e. The highest BCUT2D eigenvalue weighted by Gasteiger charge is 2.58. The number of hydrogen-bond acceptors (Lipinski definition) is 3. The van der Waals surface area contributed by atoms with Crippen molar-refractivity contribution in [1.82, 2.24) is 0 Å². The van der Waals surface area contributed by atoms with Crippen molar-refractivity contribution in [2.24, 2.45) is 23.7 Å². The van der Waals surface area contributed by atoms with E-state index in [0.29, 0.717) is 13.2 Å². The summed E-state index contributed by atoms with van der Waals surface area (Å²) < 4.78 is 115. The first-order valence-corrected chi connectivity index (χ1v) is 10.0. The number of hydrogen-bond donors (Lipinski definition) is 0. The molecule has 1 aliphatic heterocycles. The van der Waals surface area contributed by atoms with Crippen molar-refractivity contribution in [3.8, 4) is 0 Å². The smallest absolute Gasteiger partial charge is 0.352 e. The van der Waals surface area contributed by atoms with Gasteiger partial charge in [-0.2, -0.15) is 8.78 Å². The first-order chi connectivity index (χ1) is 13.5. The van der Waals surface area contributed by atoms with E-state index >= 15 is 0 Å². The summed E-state index contributed by atoms with van der Waals surface area (Å²) in [7, 11) is 0. The molecule has 1 saturated heterocycles. The molecule has 1 heterocycles. The fourth-order valence-electron chi connectivity index (χ4n) is 4.42. The topological polar surface area (TPSA) is 27.7 Å². The molecule has 2 aliphatic carbocycles. The molecule has 7 unspecified atom stereocenters. The molecule has 7 atom stereocenters. The van der Waals surface area contributed by atoms with Crippen LogP contribution in [-0.4, -0.2) is 62.6 Å². The Balaban J connectivity index is 1.64. The normalized spacial score (nSPS) is 49.8. The summed E-state index contributed by atoms with van der Waals surface area (Å²) in [6.07, 6.45) is -20.1. The first kappa shape index (κ1) is 23.1. The molecule has 29 heavy (non-hydrogen) atoms. The standard InChI is InChI=1S/C19H27F7O3/c1-8-6-27-18(28-7-8)10-3-11(20)15(12(21)4-10)19(25,26)29-14-5-13(22)17(24)16(23)9(14)2/h8-18H,3-7H2,1-2H3. The van der Waals surface area contributed by atoms with Gasteiger partial charge in [0.2, 0.25) is 0 Å². The second kappa shape index (κ2) is 8.86. The van der Waals surface area contributed by atoms with Gasteiger partial charge in [0, 0.05) is 24.2 Å². The van der Waals surface area contributed by atoms with Crippen LogP contribution in [0.1, 0.15) is 33.1 Å². The molecule has 0 aromatic rings. The maximum absolute atomic E-state index is 14.6. The zero-order chi connectivity index (χ0) is 21.5. The Kier molecular flexibility index (Phi) is 7.05. The van der Waals surface area contributed by atoms with Crippen LogP contribution in [0.25, 0.3) is 0 Å². The van der Waals surface area contributed by atoms with Gasteiger partial charge in [-0.3, -0.25) is 0 Å². The van der Waals surface area contributed by atoms with Crippen LogP contribution in [-0.2, 0) is 14.2 Å². The summed E-state index contributed by atoms with van der Waals surface area (Å²) in [6.45, 7) is 3.69. The molecule has 0 radical (unpaired) electrons. The lowest BCUT2D eigenvalue weighted by Gasteiger charge is -2.43. The van der Waals surface area contributed by atoms with Crippen LogP contribution < -0.4 is 0 Å². The van der Waals surface area contributed by atoms with Crippen LogP contribution in [0.3, 0.4) is 0 Å². The van der Waals surface area contributed by atoms with Crippen molar-refractivity contribution in [3.63, 3.8) is 0 Å². The van der Waals surface area contributed by atoms with E-state index in [2.05, 4.69) is 4.74 Å². The molecule has 170 valence electrons. The van der Waals surface area contributed by atoms with E-state index in [0.717, 1.165) is 6.92 Å². The zero-order valence-electron chi connectivity index (χ0n) is 16.3. The quantitative estimate of drug-likeness (QED) is 0.597. The Labute approximate surface area is 165 Å². The highest BCUT2D eigenvalue weighted by molar-refractivity contribution is 4.96. The van der Waals surface area contributed by atoms with Crippen LogP contribution in [0.5, 0.6) is 0 Å². The van der Waals surface area contributed by atoms with Gasteiger partial charge in [0.25, 0.3) is 0 Å². The van der Waals surface area contributed by atoms with Crippen LogP contribution in [0.4, 0.5) is 30.7 Å². The third-order valence-electron chi connectivity index (χ3n) is 6.20. The van der Waals surface area contributed by atoms with Crippen LogP contribution >= 0.6 is 0 Å². The summed E-state index contributed by atoms with van der Waals surface area (Å²) in [6, 6.07) is 0. The van der Waals surface area contributed by atoms with Crippen molar-refractivity contribution >= 4 is 0 Å². The van der Waals surface area contributed by atoms with E-state index in [9.17, 15) is 30.7 Å². The highest BCUT2D eigenvalue weighted by atomic mass is 19.3. The average Bonchev–Trinajstić information content (AvgIpc) is 2.64. The Bertz CT molecular complexity index is 534. The molecule has 0 bridgehead atoms. The van der Waals surface area contributed by atoms with Gasteiger partial charge >= 0.3 is 6.11 Å². The van der Waals surface area contributed by atoms with Crippen molar-refractivity contribution in [3.05, 3.63) is 0 Å². The van der Waals surface area contributed by atoms with Gasteiger partial charge in [-0.15, -0.1) is 0 Å². The Hall–Kier alpha value is -0.610. The summed E-state index contributed by atoms with van der Waals surface area (Å²) in [5, 5.41) is 0. The van der Waals surface area contributed by atoms with Crippen molar-refractivity contribution in [2.75, 3.05) is 13.2 Å². The van der Waals surface area contributed by atoms with Crippen molar-refractivity contribution < 1.29 is 44.9 Å². The van der Waals surface area contributed by atoms with E-state index in [1.807, 2.05) is 6.92 Å². The fourth-order valence-corrected chi connectivity index (χ4v) is 4.42. The third-order valence-corrected chi connectivity index (χ3v) is 6.20. The minimum Gasteiger partial charge on any atom is -0.352 e. The Morgan fingerprint density at radius 1 is 0.793 bits per heavy atom. The SMILES string of the molecule is CC1COC(C2CC(F)C(C(F)(F)OC3CC(F)C(F)C(F)C3C)C(F)C2)OC1. The molecule has 0 aromatic heterocycles. The molecule has 10 heteroatoms. The Morgan fingerprint density at radius 3 is 1.90 bits per heavy atom. The summed E-state index contributed by atoms with van der Waals surface area (Å²) in [5.41, 5.74) is 0. The molecule has 2 saturated carbocycles. The van der Waals surface area contributed by atoms with Crippen LogP contribution in [0, 0.1) is 23.7 Å². The number of ether oxygens (including phenoxy) is 3. The van der Waals surface area contributed by atoms with E-state index in [4.69, 9.17) is 9.47 Å². The van der Waals surface area contributed by atoms with E-state index in [1.165, 1.54) is 0 Å². The number of halogens is 7. The van der Waals surface area contributed by atoms with Crippen molar-refractivity contribution in [1.29, 1.82) is 0 Å². The zero-order valence-corrected chi connectivity index (χ0v) is 16.3. The van der Waals surface area contributed by atoms with Gasteiger partial charge in [0.05, 0.1) is 19.3 Å². The third kappa shape index (κ3) is 4.84. The van der Waals surface area contributed by atoms with Gasteiger partial charge in [-0.1, -0.05) is 13.8 Å².